The lowest BCUT2D eigenvalue weighted by molar-refractivity contribution is 0.0978. The maximum Gasteiger partial charge on any atom is 0.233 e. The average molecular weight is 933 g/mol. The third-order valence-electron chi connectivity index (χ3n) is 11.2. The highest BCUT2D eigenvalue weighted by molar-refractivity contribution is 7.99. The zero-order chi connectivity index (χ0) is 46.7. The number of hydrogen-bond donors (Lipinski definition) is 4. The first-order valence-electron chi connectivity index (χ1n) is 22.0. The molecule has 8 aromatic rings. The number of anilines is 6. The topological polar surface area (TPSA) is 194 Å². The van der Waals surface area contributed by atoms with E-state index < -0.39 is 23.1 Å². The van der Waals surface area contributed by atoms with Gasteiger partial charge in [-0.25, -0.2) is 0 Å². The molecule has 2 heterocycles. The van der Waals surface area contributed by atoms with Crippen molar-refractivity contribution in [2.75, 3.05) is 34.4 Å². The van der Waals surface area contributed by atoms with Gasteiger partial charge in [-0.2, -0.15) is 29.9 Å². The summed E-state index contributed by atoms with van der Waals surface area (Å²) in [5, 5.41) is 13.8. The summed E-state index contributed by atoms with van der Waals surface area (Å²) in [4.78, 5) is 89.3. The van der Waals surface area contributed by atoms with Gasteiger partial charge in [-0.15, -0.1) is 0 Å². The van der Waals surface area contributed by atoms with Crippen LogP contribution in [0.2, 0.25) is 0 Å². The lowest BCUT2D eigenvalue weighted by Crippen LogP contribution is -2.25. The Morgan fingerprint density at radius 3 is 1.19 bits per heavy atom. The predicted octanol–water partition coefficient (Wildman–Crippen LogP) is 10.7. The van der Waals surface area contributed by atoms with Gasteiger partial charge in [0, 0.05) is 56.3 Å². The quantitative estimate of drug-likeness (QED) is 0.0709. The third kappa shape index (κ3) is 8.58. The first-order valence-corrected chi connectivity index (χ1v) is 23.6. The van der Waals surface area contributed by atoms with Gasteiger partial charge in [-0.1, -0.05) is 110 Å². The van der Waals surface area contributed by atoms with Crippen molar-refractivity contribution in [1.29, 1.82) is 0 Å². The number of carbonyl (C=O) groups is 4. The molecule has 2 aromatic heterocycles. The highest BCUT2D eigenvalue weighted by Crippen LogP contribution is 2.44. The summed E-state index contributed by atoms with van der Waals surface area (Å²) in [6, 6.07) is 39.3. The second-order valence-electron chi connectivity index (χ2n) is 15.7. The molecule has 14 nitrogen and oxygen atoms in total. The summed E-state index contributed by atoms with van der Waals surface area (Å²) in [6.45, 7) is 5.19. The van der Waals surface area contributed by atoms with Crippen molar-refractivity contribution in [2.24, 2.45) is 0 Å². The van der Waals surface area contributed by atoms with Gasteiger partial charge in [0.25, 0.3) is 0 Å². The lowest BCUT2D eigenvalue weighted by Gasteiger charge is -2.26. The van der Waals surface area contributed by atoms with Gasteiger partial charge >= 0.3 is 0 Å². The number of fused-ring (bicyclic) bond motifs is 4. The lowest BCUT2D eigenvalue weighted by atomic mass is 9.75. The molecular weight excluding hydrogens is 893 g/mol. The van der Waals surface area contributed by atoms with E-state index in [9.17, 15) is 19.2 Å². The van der Waals surface area contributed by atoms with Gasteiger partial charge in [0.1, 0.15) is 0 Å². The summed E-state index contributed by atoms with van der Waals surface area (Å²) in [5.74, 6) is -0.733. The van der Waals surface area contributed by atoms with E-state index in [1.807, 2.05) is 67.6 Å². The molecule has 10 rings (SSSR count). The van der Waals surface area contributed by atoms with Crippen molar-refractivity contribution in [3.63, 3.8) is 0 Å². The van der Waals surface area contributed by atoms with Crippen LogP contribution in [0, 0.1) is 0 Å². The molecule has 0 saturated carbocycles. The Morgan fingerprint density at radius 2 is 0.779 bits per heavy atom. The minimum absolute atomic E-state index is 0.0587. The number of rotatable bonds is 15. The van der Waals surface area contributed by atoms with E-state index in [0.717, 1.165) is 22.6 Å². The van der Waals surface area contributed by atoms with Crippen molar-refractivity contribution in [1.82, 2.24) is 29.9 Å². The Hall–Kier alpha value is -8.08. The van der Waals surface area contributed by atoms with Crippen LogP contribution in [-0.2, 0) is 0 Å². The van der Waals surface area contributed by atoms with Gasteiger partial charge < -0.3 is 21.3 Å². The summed E-state index contributed by atoms with van der Waals surface area (Å²) >= 11 is 2.70. The van der Waals surface area contributed by atoms with Gasteiger partial charge in [0.2, 0.25) is 23.8 Å². The molecule has 0 amide bonds. The molecule has 4 N–H and O–H groups in total. The minimum Gasteiger partial charge on any atom is -0.354 e. The average Bonchev–Trinajstić information content (AvgIpc) is 3.35. The zero-order valence-electron chi connectivity index (χ0n) is 36.7. The smallest absolute Gasteiger partial charge is 0.233 e. The van der Waals surface area contributed by atoms with Gasteiger partial charge in [0.15, 0.2) is 33.4 Å². The number of carbonyl (C=O) groups excluding carboxylic acids is 4. The van der Waals surface area contributed by atoms with Crippen LogP contribution in [0.25, 0.3) is 11.1 Å². The maximum absolute atomic E-state index is 14.9. The van der Waals surface area contributed by atoms with Crippen LogP contribution < -0.4 is 21.3 Å². The van der Waals surface area contributed by atoms with Crippen LogP contribution in [0.3, 0.4) is 0 Å². The summed E-state index contributed by atoms with van der Waals surface area (Å²) in [7, 11) is 0. The van der Waals surface area contributed by atoms with Crippen molar-refractivity contribution in [3.05, 3.63) is 178 Å². The number of aromatic nitrogens is 6. The first-order chi connectivity index (χ1) is 33.3. The molecule has 16 heteroatoms. The van der Waals surface area contributed by atoms with E-state index in [1.165, 1.54) is 23.5 Å². The molecule has 0 radical (unpaired) electrons. The van der Waals surface area contributed by atoms with E-state index in [2.05, 4.69) is 48.1 Å². The van der Waals surface area contributed by atoms with Crippen LogP contribution in [0.1, 0.15) is 90.4 Å². The van der Waals surface area contributed by atoms with Gasteiger partial charge in [0.05, 0.1) is 22.5 Å². The molecule has 0 unspecified atom stereocenters. The summed E-state index contributed by atoms with van der Waals surface area (Å²) in [6.07, 6.45) is 1.86. The van der Waals surface area contributed by atoms with Crippen LogP contribution in [-0.4, -0.2) is 66.1 Å². The fraction of sp³-hybridized carbons (Fsp3) is 0.115. The van der Waals surface area contributed by atoms with Crippen LogP contribution >= 0.6 is 23.5 Å². The molecule has 0 fully saturated rings. The van der Waals surface area contributed by atoms with Crippen molar-refractivity contribution in [3.8, 4) is 11.1 Å². The van der Waals surface area contributed by atoms with E-state index in [-0.39, 0.29) is 78.9 Å². The highest BCUT2D eigenvalue weighted by atomic mass is 32.2. The Balaban J connectivity index is 1.12. The SMILES string of the molecule is CCCCNc1nc(Nc2ccc(-c3ccc(Nc4nc(NCC)nc(Sc5ccccc5)n4)c4c3C(=O)c3ccccc3C4=O)c3c2C(=O)c2ccccc2C3=O)nc(Sc2ccccc2)n1. The normalized spacial score (nSPS) is 12.4. The molecule has 334 valence electrons. The van der Waals surface area contributed by atoms with Crippen molar-refractivity contribution < 1.29 is 19.2 Å². The van der Waals surface area contributed by atoms with E-state index in [0.29, 0.717) is 35.3 Å². The second-order valence-corrected chi connectivity index (χ2v) is 17.7. The van der Waals surface area contributed by atoms with Crippen LogP contribution in [0.15, 0.2) is 154 Å². The number of hydrogen-bond acceptors (Lipinski definition) is 16. The number of ketones is 4. The number of benzene rings is 6. The van der Waals surface area contributed by atoms with Crippen molar-refractivity contribution in [2.45, 2.75) is 46.8 Å². The molecular formula is C52H40N10O4S2. The number of nitrogens with one attached hydrogen (secondary N) is 4. The summed E-state index contributed by atoms with van der Waals surface area (Å²) in [5.41, 5.74) is 2.24. The molecule has 0 spiro atoms. The molecule has 0 aliphatic heterocycles. The fourth-order valence-corrected chi connectivity index (χ4v) is 9.68. The zero-order valence-corrected chi connectivity index (χ0v) is 38.3. The molecule has 0 bridgehead atoms. The third-order valence-corrected chi connectivity index (χ3v) is 13.0. The first kappa shape index (κ1) is 43.8. The van der Waals surface area contributed by atoms with E-state index in [4.69, 9.17) is 9.97 Å². The molecule has 0 saturated heterocycles. The molecule has 68 heavy (non-hydrogen) atoms. The Labute approximate surface area is 399 Å². The Morgan fingerprint density at radius 1 is 0.397 bits per heavy atom. The predicted molar refractivity (Wildman–Crippen MR) is 263 cm³/mol. The van der Waals surface area contributed by atoms with Crippen LogP contribution in [0.5, 0.6) is 0 Å². The van der Waals surface area contributed by atoms with E-state index in [1.54, 1.807) is 72.8 Å². The Kier molecular flexibility index (Phi) is 12.3. The minimum atomic E-state index is -0.430. The largest absolute Gasteiger partial charge is 0.354 e. The number of unbranched alkanes of at least 4 members (excludes halogenated alkanes) is 1. The monoisotopic (exact) mass is 932 g/mol. The fourth-order valence-electron chi connectivity index (χ4n) is 8.14. The molecule has 2 aliphatic carbocycles. The maximum atomic E-state index is 14.9. The number of nitrogens with zero attached hydrogens (tertiary/aromatic N) is 6. The standard InChI is InChI=1S/C52H40N10O4S2/c1-3-5-28-54-48-58-50(62-52(60-48)68-30-18-10-7-11-19-30)56-38-27-25-32(40-42(38)46(66)36-23-15-13-21-34(36)44(40)64)31-24-26-37(41-39(31)43(63)33-20-12-14-22-35(33)45(41)65)55-49-57-47(53-4-2)59-51(61-49)67-29-16-8-6-9-17-29/h6-27H,3-5,28H2,1-2H3,(H2,53,55,57,59,61)(H2,54,56,58,60,62). The molecule has 6 aromatic carbocycles. The molecule has 0 atom stereocenters. The van der Waals surface area contributed by atoms with E-state index >= 15 is 0 Å². The van der Waals surface area contributed by atoms with Crippen LogP contribution in [0.4, 0.5) is 35.2 Å². The van der Waals surface area contributed by atoms with Gasteiger partial charge in [-0.3, -0.25) is 19.2 Å². The Bertz CT molecular complexity index is 3320. The summed E-state index contributed by atoms with van der Waals surface area (Å²) < 4.78 is 0. The van der Waals surface area contributed by atoms with Gasteiger partial charge in [-0.05, 0) is 84.4 Å². The molecule has 2 aliphatic rings. The van der Waals surface area contributed by atoms with Crippen molar-refractivity contribution >= 4 is 81.8 Å². The highest BCUT2D eigenvalue weighted by Gasteiger charge is 2.39. The second kappa shape index (κ2) is 19.0.